The third kappa shape index (κ3) is 4.86. The van der Waals surface area contributed by atoms with Crippen LogP contribution in [0, 0.1) is 6.92 Å². The molecule has 28 heavy (non-hydrogen) atoms. The average molecular weight is 398 g/mol. The summed E-state index contributed by atoms with van der Waals surface area (Å²) in [6.45, 7) is 2.27. The first-order chi connectivity index (χ1) is 13.3. The average Bonchev–Trinajstić information content (AvgIpc) is 3.15. The smallest absolute Gasteiger partial charge is 0.223 e. The number of para-hydroxylation sites is 1. The van der Waals surface area contributed by atoms with Crippen molar-refractivity contribution in [1.29, 1.82) is 0 Å². The molecule has 0 unspecified atom stereocenters. The molecule has 146 valence electrons. The van der Waals surface area contributed by atoms with Crippen LogP contribution in [0.3, 0.4) is 0 Å². The van der Waals surface area contributed by atoms with Crippen LogP contribution in [0.5, 0.6) is 0 Å². The van der Waals surface area contributed by atoms with Crippen LogP contribution in [0.15, 0.2) is 71.9 Å². The molecule has 0 N–H and O–H groups in total. The molecule has 0 saturated carbocycles. The Bertz CT molecular complexity index is 1040. The zero-order valence-electron chi connectivity index (χ0n) is 15.9. The van der Waals surface area contributed by atoms with E-state index in [1.165, 1.54) is 4.90 Å². The highest BCUT2D eigenvalue weighted by atomic mass is 32.2. The van der Waals surface area contributed by atoms with Crippen molar-refractivity contribution in [3.63, 3.8) is 0 Å². The molecule has 0 bridgehead atoms. The minimum absolute atomic E-state index is 0.0560. The fourth-order valence-corrected chi connectivity index (χ4v) is 4.03. The highest BCUT2D eigenvalue weighted by molar-refractivity contribution is 7.91. The van der Waals surface area contributed by atoms with E-state index < -0.39 is 9.84 Å². The number of aromatic nitrogens is 2. The number of aryl methyl sites for hydroxylation is 1. The van der Waals surface area contributed by atoms with Crippen LogP contribution in [-0.4, -0.2) is 41.8 Å². The van der Waals surface area contributed by atoms with Crippen LogP contribution in [0.4, 0.5) is 0 Å². The molecule has 1 aromatic heterocycles. The fraction of sp³-hybridized carbons (Fsp3) is 0.238. The Balaban J connectivity index is 1.58. The molecule has 1 heterocycles. The van der Waals surface area contributed by atoms with E-state index in [0.29, 0.717) is 6.54 Å². The number of carbonyl (C=O) groups excluding carboxylic acids is 1. The van der Waals surface area contributed by atoms with Crippen molar-refractivity contribution in [2.45, 2.75) is 24.8 Å². The normalized spacial score (nSPS) is 11.4. The van der Waals surface area contributed by atoms with Crippen molar-refractivity contribution < 1.29 is 13.2 Å². The Labute approximate surface area is 165 Å². The third-order valence-electron chi connectivity index (χ3n) is 4.47. The lowest BCUT2D eigenvalue weighted by Gasteiger charge is -2.16. The minimum atomic E-state index is -3.47. The largest absolute Gasteiger partial charge is 0.341 e. The molecule has 0 radical (unpaired) electrons. The molecule has 0 aliphatic rings. The fourth-order valence-electron chi connectivity index (χ4n) is 2.80. The quantitative estimate of drug-likeness (QED) is 0.614. The van der Waals surface area contributed by atoms with Gasteiger partial charge in [-0.25, -0.2) is 13.1 Å². The van der Waals surface area contributed by atoms with Gasteiger partial charge in [-0.2, -0.15) is 5.10 Å². The van der Waals surface area contributed by atoms with Gasteiger partial charge in [0.15, 0.2) is 9.84 Å². The molecule has 3 aromatic rings. The number of hydrogen-bond acceptors (Lipinski definition) is 4. The summed E-state index contributed by atoms with van der Waals surface area (Å²) in [5, 5.41) is 4.31. The Morgan fingerprint density at radius 3 is 2.43 bits per heavy atom. The second kappa shape index (κ2) is 8.39. The molecule has 3 rings (SSSR count). The van der Waals surface area contributed by atoms with Gasteiger partial charge in [0, 0.05) is 31.8 Å². The zero-order chi connectivity index (χ0) is 20.1. The standard InChI is InChI=1S/C21H23N3O3S/c1-17-8-10-20(11-9-17)28(26,27)13-12-21(25)23(2)15-18-14-22-24(16-18)19-6-4-3-5-7-19/h3-11,14,16H,12-13,15H2,1-2H3. The first-order valence-electron chi connectivity index (χ1n) is 8.97. The van der Waals surface area contributed by atoms with Gasteiger partial charge in [0.1, 0.15) is 0 Å². The third-order valence-corrected chi connectivity index (χ3v) is 6.20. The number of amides is 1. The number of carbonyl (C=O) groups is 1. The topological polar surface area (TPSA) is 72.3 Å². The number of benzene rings is 2. The highest BCUT2D eigenvalue weighted by Crippen LogP contribution is 2.14. The van der Waals surface area contributed by atoms with E-state index in [4.69, 9.17) is 0 Å². The Kier molecular flexibility index (Phi) is 5.94. The lowest BCUT2D eigenvalue weighted by atomic mass is 10.2. The summed E-state index contributed by atoms with van der Waals surface area (Å²) in [4.78, 5) is 14.2. The first-order valence-corrected chi connectivity index (χ1v) is 10.6. The van der Waals surface area contributed by atoms with Crippen molar-refractivity contribution in [2.24, 2.45) is 0 Å². The van der Waals surface area contributed by atoms with E-state index in [1.54, 1.807) is 42.2 Å². The summed E-state index contributed by atoms with van der Waals surface area (Å²) in [5.41, 5.74) is 2.80. The molecule has 0 spiro atoms. The van der Waals surface area contributed by atoms with Crippen LogP contribution in [0.1, 0.15) is 17.5 Å². The van der Waals surface area contributed by atoms with Gasteiger partial charge in [-0.3, -0.25) is 4.79 Å². The van der Waals surface area contributed by atoms with Gasteiger partial charge in [0.05, 0.1) is 22.5 Å². The lowest BCUT2D eigenvalue weighted by Crippen LogP contribution is -2.27. The second-order valence-electron chi connectivity index (χ2n) is 6.76. The number of nitrogens with zero attached hydrogens (tertiary/aromatic N) is 3. The molecule has 6 nitrogen and oxygen atoms in total. The van der Waals surface area contributed by atoms with Gasteiger partial charge in [-0.05, 0) is 31.2 Å². The van der Waals surface area contributed by atoms with Crippen LogP contribution in [0.2, 0.25) is 0 Å². The Hall–Kier alpha value is -2.93. The van der Waals surface area contributed by atoms with Crippen molar-refractivity contribution in [3.05, 3.63) is 78.1 Å². The first kappa shape index (κ1) is 19.8. The van der Waals surface area contributed by atoms with Crippen molar-refractivity contribution in [1.82, 2.24) is 14.7 Å². The summed E-state index contributed by atoms with van der Waals surface area (Å²) in [7, 11) is -1.81. The predicted molar refractivity (Wildman–Crippen MR) is 108 cm³/mol. The molecule has 0 aliphatic heterocycles. The van der Waals surface area contributed by atoms with Crippen molar-refractivity contribution in [3.8, 4) is 5.69 Å². The number of hydrogen-bond donors (Lipinski definition) is 0. The predicted octanol–water partition coefficient (Wildman–Crippen LogP) is 3.00. The number of sulfone groups is 1. The van der Waals surface area contributed by atoms with Crippen LogP contribution in [-0.2, 0) is 21.2 Å². The Morgan fingerprint density at radius 2 is 1.75 bits per heavy atom. The molecule has 0 saturated heterocycles. The van der Waals surface area contributed by atoms with E-state index in [9.17, 15) is 13.2 Å². The van der Waals surface area contributed by atoms with Crippen LogP contribution < -0.4 is 0 Å². The summed E-state index contributed by atoms with van der Waals surface area (Å²) in [6.07, 6.45) is 3.52. The van der Waals surface area contributed by atoms with E-state index in [1.807, 2.05) is 43.5 Å². The van der Waals surface area contributed by atoms with Crippen molar-refractivity contribution >= 4 is 15.7 Å². The van der Waals surface area contributed by atoms with Crippen LogP contribution in [0.25, 0.3) is 5.69 Å². The summed E-state index contributed by atoms with van der Waals surface area (Å²) >= 11 is 0. The monoisotopic (exact) mass is 397 g/mol. The molecule has 0 fully saturated rings. The van der Waals surface area contributed by atoms with Gasteiger partial charge in [-0.1, -0.05) is 35.9 Å². The van der Waals surface area contributed by atoms with Gasteiger partial charge in [-0.15, -0.1) is 0 Å². The summed E-state index contributed by atoms with van der Waals surface area (Å²) < 4.78 is 26.6. The van der Waals surface area contributed by atoms with Crippen LogP contribution >= 0.6 is 0 Å². The molecule has 2 aromatic carbocycles. The molecular weight excluding hydrogens is 374 g/mol. The SMILES string of the molecule is Cc1ccc(S(=O)(=O)CCC(=O)N(C)Cc2cnn(-c3ccccc3)c2)cc1. The zero-order valence-corrected chi connectivity index (χ0v) is 16.8. The van der Waals surface area contributed by atoms with Crippen molar-refractivity contribution in [2.75, 3.05) is 12.8 Å². The Morgan fingerprint density at radius 1 is 1.07 bits per heavy atom. The second-order valence-corrected chi connectivity index (χ2v) is 8.87. The lowest BCUT2D eigenvalue weighted by molar-refractivity contribution is -0.130. The van der Waals surface area contributed by atoms with E-state index in [-0.39, 0.29) is 23.0 Å². The minimum Gasteiger partial charge on any atom is -0.341 e. The van der Waals surface area contributed by atoms with Gasteiger partial charge < -0.3 is 4.90 Å². The molecule has 1 amide bonds. The maximum Gasteiger partial charge on any atom is 0.223 e. The van der Waals surface area contributed by atoms with Gasteiger partial charge >= 0.3 is 0 Å². The van der Waals surface area contributed by atoms with Gasteiger partial charge in [0.2, 0.25) is 5.91 Å². The van der Waals surface area contributed by atoms with E-state index in [0.717, 1.165) is 16.8 Å². The molecule has 0 atom stereocenters. The maximum atomic E-state index is 12.4. The highest BCUT2D eigenvalue weighted by Gasteiger charge is 2.18. The van der Waals surface area contributed by atoms with E-state index >= 15 is 0 Å². The van der Waals surface area contributed by atoms with Gasteiger partial charge in [0.25, 0.3) is 0 Å². The molecular formula is C21H23N3O3S. The molecule has 7 heteroatoms. The summed E-state index contributed by atoms with van der Waals surface area (Å²) in [5.74, 6) is -0.425. The summed E-state index contributed by atoms with van der Waals surface area (Å²) in [6, 6.07) is 16.4. The maximum absolute atomic E-state index is 12.4. The molecule has 0 aliphatic carbocycles. The van der Waals surface area contributed by atoms with E-state index in [2.05, 4.69) is 5.10 Å². The number of rotatable bonds is 7.